The molecule has 2 fully saturated rings. The molecular formula is C15H18FNO3. The first-order chi connectivity index (χ1) is 9.74. The normalized spacial score (nSPS) is 28.9. The van der Waals surface area contributed by atoms with Gasteiger partial charge in [-0.2, -0.15) is 0 Å². The maximum Gasteiger partial charge on any atom is 0.247 e. The summed E-state index contributed by atoms with van der Waals surface area (Å²) in [7, 11) is 0. The fourth-order valence-corrected chi connectivity index (χ4v) is 2.57. The summed E-state index contributed by atoms with van der Waals surface area (Å²) in [6, 6.07) is 6.32. The van der Waals surface area contributed by atoms with Crippen molar-refractivity contribution in [3.8, 4) is 0 Å². The zero-order valence-electron chi connectivity index (χ0n) is 11.2. The summed E-state index contributed by atoms with van der Waals surface area (Å²) in [4.78, 5) is 17.2. The van der Waals surface area contributed by atoms with Gasteiger partial charge in [0.15, 0.2) is 6.29 Å². The molecule has 1 amide bonds. The monoisotopic (exact) mass is 279 g/mol. The summed E-state index contributed by atoms with van der Waals surface area (Å²) < 4.78 is 18.2. The van der Waals surface area contributed by atoms with E-state index in [-0.39, 0.29) is 29.9 Å². The molecule has 0 radical (unpaired) electrons. The molecule has 1 aliphatic carbocycles. The number of benzene rings is 1. The van der Waals surface area contributed by atoms with Crippen LogP contribution < -0.4 is 5.48 Å². The molecule has 1 aromatic rings. The average Bonchev–Trinajstić information content (AvgIpc) is 3.27. The maximum atomic E-state index is 12.8. The minimum Gasteiger partial charge on any atom is -0.350 e. The molecule has 4 nitrogen and oxygen atoms in total. The van der Waals surface area contributed by atoms with Crippen LogP contribution in [0, 0.1) is 11.7 Å². The van der Waals surface area contributed by atoms with E-state index in [2.05, 4.69) is 5.48 Å². The van der Waals surface area contributed by atoms with Crippen LogP contribution in [-0.2, 0) is 14.4 Å². The van der Waals surface area contributed by atoms with Crippen LogP contribution >= 0.6 is 0 Å². The number of nitrogens with one attached hydrogen (secondary N) is 1. The Morgan fingerprint density at radius 1 is 1.30 bits per heavy atom. The Bertz CT molecular complexity index is 471. The largest absolute Gasteiger partial charge is 0.350 e. The van der Waals surface area contributed by atoms with Gasteiger partial charge in [-0.1, -0.05) is 12.1 Å². The van der Waals surface area contributed by atoms with Gasteiger partial charge in [0.25, 0.3) is 0 Å². The predicted molar refractivity (Wildman–Crippen MR) is 70.1 cm³/mol. The van der Waals surface area contributed by atoms with Crippen molar-refractivity contribution in [3.05, 3.63) is 35.6 Å². The molecule has 0 spiro atoms. The van der Waals surface area contributed by atoms with E-state index in [4.69, 9.17) is 9.57 Å². The molecule has 0 unspecified atom stereocenters. The molecule has 3 rings (SSSR count). The first-order valence-corrected chi connectivity index (χ1v) is 7.06. The van der Waals surface area contributed by atoms with Gasteiger partial charge in [-0.05, 0) is 42.9 Å². The predicted octanol–water partition coefficient (Wildman–Crippen LogP) is 2.50. The zero-order chi connectivity index (χ0) is 13.9. The van der Waals surface area contributed by atoms with E-state index in [0.717, 1.165) is 31.2 Å². The maximum absolute atomic E-state index is 12.8. The van der Waals surface area contributed by atoms with Gasteiger partial charge >= 0.3 is 0 Å². The number of halogens is 1. The van der Waals surface area contributed by atoms with E-state index in [1.165, 1.54) is 12.1 Å². The van der Waals surface area contributed by atoms with Crippen LogP contribution in [0.5, 0.6) is 0 Å². The summed E-state index contributed by atoms with van der Waals surface area (Å²) >= 11 is 0. The third-order valence-corrected chi connectivity index (χ3v) is 3.85. The van der Waals surface area contributed by atoms with Crippen molar-refractivity contribution in [2.75, 3.05) is 6.61 Å². The number of ether oxygens (including phenoxy) is 1. The molecule has 1 N–H and O–H groups in total. The van der Waals surface area contributed by atoms with E-state index in [9.17, 15) is 9.18 Å². The van der Waals surface area contributed by atoms with Gasteiger partial charge in [0.2, 0.25) is 5.91 Å². The number of amides is 1. The van der Waals surface area contributed by atoms with E-state index >= 15 is 0 Å². The Balaban J connectivity index is 1.46. The second kappa shape index (κ2) is 5.89. The van der Waals surface area contributed by atoms with Crippen LogP contribution in [-0.4, -0.2) is 18.8 Å². The van der Waals surface area contributed by atoms with Crippen LogP contribution in [0.4, 0.5) is 4.39 Å². The molecule has 20 heavy (non-hydrogen) atoms. The minimum atomic E-state index is -0.323. The number of carbonyl (C=O) groups excluding carboxylic acids is 1. The second-order valence-corrected chi connectivity index (χ2v) is 5.38. The molecule has 1 saturated heterocycles. The second-order valence-electron chi connectivity index (χ2n) is 5.38. The first kappa shape index (κ1) is 13.5. The Kier molecular flexibility index (Phi) is 3.98. The van der Waals surface area contributed by atoms with Crippen LogP contribution in [0.1, 0.15) is 37.2 Å². The van der Waals surface area contributed by atoms with Crippen molar-refractivity contribution in [2.24, 2.45) is 5.92 Å². The number of hydrogen-bond acceptors (Lipinski definition) is 3. The van der Waals surface area contributed by atoms with Gasteiger partial charge in [-0.25, -0.2) is 14.7 Å². The van der Waals surface area contributed by atoms with Gasteiger partial charge < -0.3 is 4.74 Å². The van der Waals surface area contributed by atoms with Crippen molar-refractivity contribution >= 4 is 5.91 Å². The SMILES string of the molecule is O=C(NO[C@@H]1CCCCO1)[C@H]1C[C@H]1c1ccc(F)cc1. The summed E-state index contributed by atoms with van der Waals surface area (Å²) in [5, 5.41) is 0. The van der Waals surface area contributed by atoms with Gasteiger partial charge in [-0.3, -0.25) is 4.79 Å². The van der Waals surface area contributed by atoms with Gasteiger partial charge in [0.1, 0.15) is 5.82 Å². The van der Waals surface area contributed by atoms with Crippen molar-refractivity contribution in [1.82, 2.24) is 5.48 Å². The van der Waals surface area contributed by atoms with Crippen LogP contribution in [0.2, 0.25) is 0 Å². The third-order valence-electron chi connectivity index (χ3n) is 3.85. The standard InChI is InChI=1S/C15H18FNO3/c16-11-6-4-10(5-7-11)12-9-13(12)15(18)17-20-14-3-1-2-8-19-14/h4-7,12-14H,1-3,8-9H2,(H,17,18)/t12-,13-,14+/m0/s1. The lowest BCUT2D eigenvalue weighted by Crippen LogP contribution is -2.34. The van der Waals surface area contributed by atoms with Crippen molar-refractivity contribution in [2.45, 2.75) is 37.9 Å². The molecule has 1 aliphatic heterocycles. The fourth-order valence-electron chi connectivity index (χ4n) is 2.57. The van der Waals surface area contributed by atoms with Crippen LogP contribution in [0.25, 0.3) is 0 Å². The molecule has 3 atom stereocenters. The minimum absolute atomic E-state index is 0.0796. The molecule has 5 heteroatoms. The number of rotatable bonds is 4. The Hall–Kier alpha value is -1.46. The lowest BCUT2D eigenvalue weighted by Gasteiger charge is -2.22. The highest BCUT2D eigenvalue weighted by atomic mass is 19.1. The van der Waals surface area contributed by atoms with E-state index in [0.29, 0.717) is 6.61 Å². The molecule has 0 aromatic heterocycles. The van der Waals surface area contributed by atoms with Crippen molar-refractivity contribution in [1.29, 1.82) is 0 Å². The molecule has 1 aromatic carbocycles. The van der Waals surface area contributed by atoms with Crippen LogP contribution in [0.15, 0.2) is 24.3 Å². The number of carbonyl (C=O) groups is 1. The zero-order valence-corrected chi connectivity index (χ0v) is 11.2. The van der Waals surface area contributed by atoms with Gasteiger partial charge in [-0.15, -0.1) is 0 Å². The smallest absolute Gasteiger partial charge is 0.247 e. The van der Waals surface area contributed by atoms with Gasteiger partial charge in [0, 0.05) is 18.9 Å². The third kappa shape index (κ3) is 3.16. The average molecular weight is 279 g/mol. The summed E-state index contributed by atoms with van der Waals surface area (Å²) in [5.74, 6) is -0.280. The van der Waals surface area contributed by atoms with Crippen LogP contribution in [0.3, 0.4) is 0 Å². The van der Waals surface area contributed by atoms with Crippen molar-refractivity contribution < 1.29 is 18.8 Å². The number of hydroxylamine groups is 1. The first-order valence-electron chi connectivity index (χ1n) is 7.06. The van der Waals surface area contributed by atoms with Gasteiger partial charge in [0.05, 0.1) is 0 Å². The Morgan fingerprint density at radius 2 is 2.10 bits per heavy atom. The highest BCUT2D eigenvalue weighted by Gasteiger charge is 2.44. The number of hydrogen-bond donors (Lipinski definition) is 1. The molecule has 1 heterocycles. The Labute approximate surface area is 117 Å². The Morgan fingerprint density at radius 3 is 2.80 bits per heavy atom. The highest BCUT2D eigenvalue weighted by molar-refractivity contribution is 5.81. The molecule has 1 saturated carbocycles. The molecule has 0 bridgehead atoms. The highest BCUT2D eigenvalue weighted by Crippen LogP contribution is 2.47. The molecule has 108 valence electrons. The quantitative estimate of drug-likeness (QED) is 0.861. The molecule has 2 aliphatic rings. The van der Waals surface area contributed by atoms with E-state index < -0.39 is 0 Å². The van der Waals surface area contributed by atoms with Crippen molar-refractivity contribution in [3.63, 3.8) is 0 Å². The fraction of sp³-hybridized carbons (Fsp3) is 0.533. The van der Waals surface area contributed by atoms with E-state index in [1.807, 2.05) is 0 Å². The summed E-state index contributed by atoms with van der Waals surface area (Å²) in [5.41, 5.74) is 3.49. The molecular weight excluding hydrogens is 261 g/mol. The lowest BCUT2D eigenvalue weighted by molar-refractivity contribution is -0.201. The summed E-state index contributed by atoms with van der Waals surface area (Å²) in [6.07, 6.45) is 3.37. The topological polar surface area (TPSA) is 47.6 Å². The summed E-state index contributed by atoms with van der Waals surface area (Å²) in [6.45, 7) is 0.683. The lowest BCUT2D eigenvalue weighted by atomic mass is 10.1. The van der Waals surface area contributed by atoms with E-state index in [1.54, 1.807) is 12.1 Å².